The summed E-state index contributed by atoms with van der Waals surface area (Å²) in [5.41, 5.74) is 9.07. The molecular weight excluding hydrogens is 731 g/mol. The summed E-state index contributed by atoms with van der Waals surface area (Å²) in [5.74, 6) is 1.12. The van der Waals surface area contributed by atoms with Crippen LogP contribution in [0.4, 0.5) is 0 Å². The van der Waals surface area contributed by atoms with Crippen LogP contribution in [-0.2, 0) is 6.54 Å². The number of benzene rings is 10. The number of furan rings is 1. The zero-order chi connectivity index (χ0) is 40.0. The minimum atomic E-state index is 0.508. The summed E-state index contributed by atoms with van der Waals surface area (Å²) in [6.45, 7) is 4.41. The highest BCUT2D eigenvalue weighted by molar-refractivity contribution is 6.26. The van der Waals surface area contributed by atoms with Crippen LogP contribution in [0, 0.1) is 0 Å². The average molecular weight is 768 g/mol. The van der Waals surface area contributed by atoms with Crippen molar-refractivity contribution in [1.29, 1.82) is 0 Å². The van der Waals surface area contributed by atoms with Crippen molar-refractivity contribution in [3.63, 3.8) is 0 Å². The molecule has 1 heterocycles. The number of para-hydroxylation sites is 1. The average Bonchev–Trinajstić information content (AvgIpc) is 3.71. The van der Waals surface area contributed by atoms with E-state index in [2.05, 4.69) is 163 Å². The number of rotatable bonds is 6. The van der Waals surface area contributed by atoms with E-state index in [0.717, 1.165) is 71.7 Å². The fraction of sp³-hybridized carbons (Fsp3) is 0.0179. The van der Waals surface area contributed by atoms with Crippen LogP contribution < -0.4 is 0 Å². The number of nitrogens with zero attached hydrogens (tertiary/aromatic N) is 3. The van der Waals surface area contributed by atoms with Gasteiger partial charge in [0.2, 0.25) is 0 Å². The van der Waals surface area contributed by atoms with Crippen LogP contribution in [0.2, 0.25) is 0 Å². The molecule has 0 aliphatic heterocycles. The number of aliphatic imine (C=N–C) groups is 3. The molecule has 1 aromatic heterocycles. The minimum Gasteiger partial charge on any atom is -0.455 e. The van der Waals surface area contributed by atoms with Gasteiger partial charge in [-0.2, -0.15) is 0 Å². The van der Waals surface area contributed by atoms with Crippen molar-refractivity contribution in [3.8, 4) is 22.3 Å². The van der Waals surface area contributed by atoms with Crippen LogP contribution in [0.1, 0.15) is 16.7 Å². The molecule has 0 saturated heterocycles. The van der Waals surface area contributed by atoms with Crippen LogP contribution in [-0.4, -0.2) is 18.4 Å². The zero-order valence-electron chi connectivity index (χ0n) is 32.7. The SMILES string of the molecule is C=N/C(=N\C(=N/Cc1ccccc1)c1ccccc1)c1ccc(-c2cc3c4cccc(-c5ccc6c7ccccc7c7ccccc7c6c5)c4oc3c3ccccc23)cc1. The van der Waals surface area contributed by atoms with Crippen molar-refractivity contribution in [1.82, 2.24) is 0 Å². The first-order chi connectivity index (χ1) is 29.7. The summed E-state index contributed by atoms with van der Waals surface area (Å²) in [7, 11) is 0. The summed E-state index contributed by atoms with van der Waals surface area (Å²) >= 11 is 0. The largest absolute Gasteiger partial charge is 0.455 e. The molecule has 0 bridgehead atoms. The lowest BCUT2D eigenvalue weighted by atomic mass is 9.91. The predicted molar refractivity (Wildman–Crippen MR) is 254 cm³/mol. The first kappa shape index (κ1) is 35.2. The van der Waals surface area contributed by atoms with Crippen molar-refractivity contribution < 1.29 is 4.42 Å². The Kier molecular flexibility index (Phi) is 8.67. The maximum Gasteiger partial charge on any atom is 0.161 e. The molecule has 4 heteroatoms. The van der Waals surface area contributed by atoms with Gasteiger partial charge in [0.15, 0.2) is 11.7 Å². The number of amidine groups is 2. The molecule has 282 valence electrons. The Hall–Kier alpha value is -7.95. The van der Waals surface area contributed by atoms with E-state index < -0.39 is 0 Å². The smallest absolute Gasteiger partial charge is 0.161 e. The van der Waals surface area contributed by atoms with Gasteiger partial charge in [-0.15, -0.1) is 0 Å². The molecule has 11 rings (SSSR count). The molecule has 11 aromatic rings. The predicted octanol–water partition coefficient (Wildman–Crippen LogP) is 14.6. The summed E-state index contributed by atoms with van der Waals surface area (Å²) in [6, 6.07) is 70.3. The van der Waals surface area contributed by atoms with Gasteiger partial charge in [0.05, 0.1) is 6.54 Å². The highest BCUT2D eigenvalue weighted by Crippen LogP contribution is 2.44. The molecule has 0 unspecified atom stereocenters. The van der Waals surface area contributed by atoms with Crippen LogP contribution in [0.5, 0.6) is 0 Å². The fourth-order valence-corrected chi connectivity index (χ4v) is 8.78. The van der Waals surface area contributed by atoms with E-state index in [1.54, 1.807) is 0 Å². The first-order valence-corrected chi connectivity index (χ1v) is 20.2. The third-order valence-electron chi connectivity index (χ3n) is 11.7. The van der Waals surface area contributed by atoms with Crippen LogP contribution in [0.15, 0.2) is 220 Å². The van der Waals surface area contributed by atoms with Crippen molar-refractivity contribution >= 4 is 83.4 Å². The van der Waals surface area contributed by atoms with E-state index >= 15 is 0 Å². The second kappa shape index (κ2) is 14.8. The van der Waals surface area contributed by atoms with Crippen molar-refractivity contribution in [2.24, 2.45) is 15.0 Å². The van der Waals surface area contributed by atoms with E-state index in [9.17, 15) is 0 Å². The van der Waals surface area contributed by atoms with Gasteiger partial charge in [0.1, 0.15) is 11.2 Å². The molecule has 0 aliphatic rings. The maximum atomic E-state index is 6.95. The van der Waals surface area contributed by atoms with E-state index in [1.807, 2.05) is 48.5 Å². The van der Waals surface area contributed by atoms with Gasteiger partial charge in [-0.3, -0.25) is 4.99 Å². The Morgan fingerprint density at radius 2 is 0.917 bits per heavy atom. The second-order valence-corrected chi connectivity index (χ2v) is 15.1. The topological polar surface area (TPSA) is 50.2 Å². The summed E-state index contributed by atoms with van der Waals surface area (Å²) in [6.07, 6.45) is 0. The molecule has 0 amide bonds. The lowest BCUT2D eigenvalue weighted by Gasteiger charge is -2.12. The molecule has 4 nitrogen and oxygen atoms in total. The Labute approximate surface area is 347 Å². The lowest BCUT2D eigenvalue weighted by Crippen LogP contribution is -2.05. The molecule has 0 saturated carbocycles. The third-order valence-corrected chi connectivity index (χ3v) is 11.7. The van der Waals surface area contributed by atoms with Gasteiger partial charge in [0, 0.05) is 32.8 Å². The second-order valence-electron chi connectivity index (χ2n) is 15.1. The number of hydrogen-bond donors (Lipinski definition) is 0. The summed E-state index contributed by atoms with van der Waals surface area (Å²) < 4.78 is 6.95. The maximum absolute atomic E-state index is 6.95. The standard InChI is InChI=1S/C56H37N3O/c1-57-55(59-56(38-17-6-3-7-18-38)58-35-36-15-4-2-5-16-36)39-29-27-37(28-30-39)50-34-52-49-26-14-25-41(53(49)60-54(52)48-24-13-12-23-46(48)50)40-31-32-47-44-21-9-8-19-42(44)43-20-10-11-22-45(43)51(47)33-40/h2-34H,1,35H2/b58-56-,59-55-. The molecule has 0 atom stereocenters. The van der Waals surface area contributed by atoms with Gasteiger partial charge in [-0.25, -0.2) is 9.98 Å². The van der Waals surface area contributed by atoms with Crippen molar-refractivity contribution in [3.05, 3.63) is 217 Å². The molecule has 10 aromatic carbocycles. The highest BCUT2D eigenvalue weighted by atomic mass is 16.3. The van der Waals surface area contributed by atoms with Gasteiger partial charge >= 0.3 is 0 Å². The molecule has 0 N–H and O–H groups in total. The molecule has 0 fully saturated rings. The first-order valence-electron chi connectivity index (χ1n) is 20.2. The molecular formula is C56H37N3O. The Bertz CT molecular complexity index is 3470. The van der Waals surface area contributed by atoms with Gasteiger partial charge in [-0.05, 0) is 78.8 Å². The third kappa shape index (κ3) is 6.05. The fourth-order valence-electron chi connectivity index (χ4n) is 8.78. The molecule has 0 radical (unpaired) electrons. The Morgan fingerprint density at radius 1 is 0.383 bits per heavy atom. The van der Waals surface area contributed by atoms with E-state index in [0.29, 0.717) is 18.2 Å². The van der Waals surface area contributed by atoms with Gasteiger partial charge in [0.25, 0.3) is 0 Å². The van der Waals surface area contributed by atoms with E-state index in [4.69, 9.17) is 14.4 Å². The van der Waals surface area contributed by atoms with Crippen LogP contribution in [0.3, 0.4) is 0 Å². The van der Waals surface area contributed by atoms with Gasteiger partial charge in [-0.1, -0.05) is 188 Å². The molecule has 0 spiro atoms. The quantitative estimate of drug-likeness (QED) is 0.0944. The molecule has 0 aliphatic carbocycles. The van der Waals surface area contributed by atoms with Gasteiger partial charge < -0.3 is 4.42 Å². The lowest BCUT2D eigenvalue weighted by molar-refractivity contribution is 0.674. The normalized spacial score (nSPS) is 12.3. The summed E-state index contributed by atoms with van der Waals surface area (Å²) in [5, 5.41) is 11.9. The zero-order valence-corrected chi connectivity index (χ0v) is 32.7. The monoisotopic (exact) mass is 767 g/mol. The molecule has 60 heavy (non-hydrogen) atoms. The van der Waals surface area contributed by atoms with Crippen molar-refractivity contribution in [2.45, 2.75) is 6.54 Å². The van der Waals surface area contributed by atoms with Crippen LogP contribution >= 0.6 is 0 Å². The minimum absolute atomic E-state index is 0.508. The van der Waals surface area contributed by atoms with Crippen LogP contribution in [0.25, 0.3) is 87.3 Å². The number of hydrogen-bond acceptors (Lipinski definition) is 2. The Morgan fingerprint density at radius 3 is 1.60 bits per heavy atom. The van der Waals surface area contributed by atoms with E-state index in [-0.39, 0.29) is 0 Å². The van der Waals surface area contributed by atoms with Crippen molar-refractivity contribution in [2.75, 3.05) is 0 Å². The number of fused-ring (bicyclic) bond motifs is 11. The highest BCUT2D eigenvalue weighted by Gasteiger charge is 2.19. The summed E-state index contributed by atoms with van der Waals surface area (Å²) in [4.78, 5) is 14.3. The Balaban J connectivity index is 1.01. The van der Waals surface area contributed by atoms with E-state index in [1.165, 1.54) is 32.3 Å².